The summed E-state index contributed by atoms with van der Waals surface area (Å²) in [5.41, 5.74) is 2.45. The Hall–Kier alpha value is -5.05. The number of fused-ring (bicyclic) bond motifs is 1. The number of ether oxygens (including phenoxy) is 6. The Bertz CT molecular complexity index is 2230. The van der Waals surface area contributed by atoms with Crippen LogP contribution in [0, 0.1) is 11.8 Å². The summed E-state index contributed by atoms with van der Waals surface area (Å²) in [5, 5.41) is 23.9. The first kappa shape index (κ1) is 53.3. The quantitative estimate of drug-likeness (QED) is 0.0621. The highest BCUT2D eigenvalue weighted by atomic mass is 19.1. The zero-order chi connectivity index (χ0) is 50.4. The lowest BCUT2D eigenvalue weighted by Crippen LogP contribution is -2.61. The Kier molecular flexibility index (Phi) is 17.3. The van der Waals surface area contributed by atoms with Crippen LogP contribution in [0.4, 0.5) is 14.9 Å². The van der Waals surface area contributed by atoms with Crippen LogP contribution in [0.1, 0.15) is 90.9 Å². The molecule has 0 radical (unpaired) electrons. The monoisotopic (exact) mass is 966 g/mol. The summed E-state index contributed by atoms with van der Waals surface area (Å²) in [7, 11) is 5.03. The third-order valence-electron chi connectivity index (χ3n) is 14.1. The number of cyclic esters (lactones) is 1. The van der Waals surface area contributed by atoms with Crippen molar-refractivity contribution in [1.29, 1.82) is 0 Å². The van der Waals surface area contributed by atoms with Gasteiger partial charge in [-0.05, 0) is 111 Å². The molecule has 3 aliphatic heterocycles. The highest BCUT2D eigenvalue weighted by Crippen LogP contribution is 2.41. The number of rotatable bonds is 14. The van der Waals surface area contributed by atoms with Crippen molar-refractivity contribution >= 4 is 29.5 Å². The van der Waals surface area contributed by atoms with Gasteiger partial charge in [0.2, 0.25) is 0 Å². The molecule has 0 bridgehead atoms. The lowest BCUT2D eigenvalue weighted by molar-refractivity contribution is -0.300. The average Bonchev–Trinajstić information content (AvgIpc) is 3.90. The molecule has 380 valence electrons. The van der Waals surface area contributed by atoms with Crippen LogP contribution in [0.5, 0.6) is 0 Å². The molecule has 0 spiro atoms. The molecule has 2 aromatic carbocycles. The summed E-state index contributed by atoms with van der Waals surface area (Å²) in [6.45, 7) is 12.4. The van der Waals surface area contributed by atoms with E-state index >= 15 is 4.39 Å². The Morgan fingerprint density at radius 1 is 1.04 bits per heavy atom. The van der Waals surface area contributed by atoms with E-state index in [0.29, 0.717) is 49.4 Å². The number of unbranched alkanes of at least 4 members (excludes halogenated alkanes) is 1. The molecular weight excluding hydrogens is 894 g/mol. The number of esters is 2. The van der Waals surface area contributed by atoms with Gasteiger partial charge in [-0.1, -0.05) is 56.3 Å². The molecule has 13 atom stereocenters. The summed E-state index contributed by atoms with van der Waals surface area (Å²) < 4.78 is 55.9. The third kappa shape index (κ3) is 11.9. The number of aryl methyl sites for hydroxylation is 1. The molecule has 6 rings (SSSR count). The number of aromatic nitrogens is 3. The second-order valence-corrected chi connectivity index (χ2v) is 19.8. The molecule has 1 amide bonds. The Morgan fingerprint density at radius 3 is 2.42 bits per heavy atom. The van der Waals surface area contributed by atoms with Gasteiger partial charge in [-0.15, -0.1) is 5.10 Å². The number of halogens is 1. The zero-order valence-electron chi connectivity index (χ0n) is 41.6. The summed E-state index contributed by atoms with van der Waals surface area (Å²) in [6.07, 6.45) is -2.79. The van der Waals surface area contributed by atoms with Crippen molar-refractivity contribution in [2.45, 2.75) is 153 Å². The first-order valence-corrected chi connectivity index (χ1v) is 24.0. The lowest BCUT2D eigenvalue weighted by atomic mass is 9.78. The van der Waals surface area contributed by atoms with Gasteiger partial charge in [0.05, 0.1) is 35.6 Å². The molecule has 19 heteroatoms. The largest absolute Gasteiger partial charge is 0.459 e. The van der Waals surface area contributed by atoms with Crippen LogP contribution >= 0.6 is 0 Å². The fourth-order valence-corrected chi connectivity index (χ4v) is 10.3. The number of aliphatic hydroxyl groups excluding tert-OH is 1. The number of nitrogens with two attached hydrogens (primary N) is 1. The number of likely N-dealkylation sites (N-methyl/N-ethyl adjacent to an activating group) is 1. The Labute approximate surface area is 404 Å². The highest BCUT2D eigenvalue weighted by Gasteiger charge is 2.60. The summed E-state index contributed by atoms with van der Waals surface area (Å²) in [4.78, 5) is 59.0. The van der Waals surface area contributed by atoms with E-state index in [1.54, 1.807) is 85.7 Å². The van der Waals surface area contributed by atoms with Gasteiger partial charge in [-0.3, -0.25) is 14.4 Å². The second-order valence-electron chi connectivity index (χ2n) is 19.8. The molecule has 3 saturated heterocycles. The van der Waals surface area contributed by atoms with Crippen molar-refractivity contribution in [3.05, 3.63) is 66.4 Å². The number of methoxy groups -OCH3 is 1. The van der Waals surface area contributed by atoms with Crippen LogP contribution in [-0.4, -0.2) is 160 Å². The van der Waals surface area contributed by atoms with Gasteiger partial charge in [0.1, 0.15) is 24.5 Å². The summed E-state index contributed by atoms with van der Waals surface area (Å²) in [6, 6.07) is 14.2. The number of carbonyl (C=O) groups is 4. The number of ketones is 1. The number of nitrogen functional groups attached to an aromatic ring is 1. The predicted octanol–water partition coefficient (Wildman–Crippen LogP) is 5.21. The Morgan fingerprint density at radius 2 is 1.75 bits per heavy atom. The third-order valence-corrected chi connectivity index (χ3v) is 14.1. The van der Waals surface area contributed by atoms with Crippen molar-refractivity contribution in [3.63, 3.8) is 0 Å². The smallest absolute Gasteiger partial charge is 0.410 e. The minimum absolute atomic E-state index is 0.129. The second kappa shape index (κ2) is 22.4. The average molecular weight is 966 g/mol. The number of aliphatic hydroxyl groups is 1. The number of hydrogen-bond acceptors (Lipinski definition) is 16. The number of benzene rings is 2. The van der Waals surface area contributed by atoms with Gasteiger partial charge in [0.25, 0.3) is 5.67 Å². The molecule has 3 aliphatic rings. The van der Waals surface area contributed by atoms with E-state index in [0.717, 1.165) is 12.5 Å². The van der Waals surface area contributed by atoms with Gasteiger partial charge in [0.15, 0.2) is 17.7 Å². The number of alkyl halides is 1. The van der Waals surface area contributed by atoms with E-state index in [-0.39, 0.29) is 31.8 Å². The lowest BCUT2D eigenvalue weighted by Gasteiger charge is -2.47. The Balaban J connectivity index is 1.24. The minimum atomic E-state index is -3.21. The summed E-state index contributed by atoms with van der Waals surface area (Å²) in [5.74, 6) is -4.72. The number of nitrogens with one attached hydrogen (secondary N) is 1. The van der Waals surface area contributed by atoms with Crippen LogP contribution in [0.2, 0.25) is 0 Å². The van der Waals surface area contributed by atoms with Gasteiger partial charge >= 0.3 is 18.0 Å². The molecule has 4 N–H and O–H groups in total. The number of anilines is 1. The maximum absolute atomic E-state index is 17.2. The van der Waals surface area contributed by atoms with Gasteiger partial charge in [0, 0.05) is 49.5 Å². The minimum Gasteiger partial charge on any atom is -0.459 e. The van der Waals surface area contributed by atoms with E-state index in [9.17, 15) is 24.3 Å². The maximum atomic E-state index is 17.2. The number of hydrogen-bond donors (Lipinski definition) is 3. The molecule has 4 heterocycles. The molecular formula is C50H72FN7O11. The van der Waals surface area contributed by atoms with E-state index in [2.05, 4.69) is 15.6 Å². The number of amides is 1. The highest BCUT2D eigenvalue weighted by molar-refractivity contribution is 6.07. The van der Waals surface area contributed by atoms with E-state index in [4.69, 9.17) is 34.2 Å². The molecule has 3 unspecified atom stereocenters. The van der Waals surface area contributed by atoms with Crippen molar-refractivity contribution in [2.75, 3.05) is 46.6 Å². The van der Waals surface area contributed by atoms with Crippen LogP contribution in [0.15, 0.2) is 60.8 Å². The molecule has 0 saturated carbocycles. The predicted molar refractivity (Wildman–Crippen MR) is 253 cm³/mol. The van der Waals surface area contributed by atoms with Gasteiger partial charge in [-0.25, -0.2) is 18.8 Å². The number of Topliss-reactive ketones (excluding diaryl/α,β-unsaturated/α-hetero) is 1. The topological polar surface area (TPSA) is 219 Å². The fourth-order valence-electron chi connectivity index (χ4n) is 10.3. The molecule has 3 aromatic rings. The van der Waals surface area contributed by atoms with Gasteiger partial charge < -0.3 is 49.5 Å². The van der Waals surface area contributed by atoms with E-state index in [1.807, 2.05) is 38.2 Å². The zero-order valence-corrected chi connectivity index (χ0v) is 41.6. The van der Waals surface area contributed by atoms with Crippen molar-refractivity contribution in [1.82, 2.24) is 30.1 Å². The standard InChI is InChI=1S/C50H72FN7O11/c1-11-39-50(7)41(58(47(63)69-50)23-16-15-22-57-28-37(54-55-57)34-20-17-21-35(52)24-34)32(4)53-27-30(2)26-48(5,64-10)43(31(3)42(60)49(6,51)46(62)67-39)68-45-40(59)38(56(8)9)25-36(66-45)29-65-44(61)33-18-13-12-14-19-33/h12-14,17-21,24,28,30-32,36,38-41,43,45,53,59H,11,15-16,22-23,25-27,29,52H2,1-10H3/t30-,31+,32-,36?,38?,39-,40?,41-,43-,45+,48-,49+,50-/m1/s1. The van der Waals surface area contributed by atoms with Crippen molar-refractivity contribution < 1.29 is 57.1 Å². The molecule has 1 aromatic heterocycles. The normalized spacial score (nSPS) is 33.8. The summed E-state index contributed by atoms with van der Waals surface area (Å²) >= 11 is 0. The first-order valence-electron chi connectivity index (χ1n) is 24.0. The van der Waals surface area contributed by atoms with Crippen molar-refractivity contribution in [2.24, 2.45) is 11.8 Å². The fraction of sp³-hybridized carbons (Fsp3) is 0.640. The molecule has 0 aliphatic carbocycles. The van der Waals surface area contributed by atoms with Crippen LogP contribution in [-0.2, 0) is 44.6 Å². The maximum Gasteiger partial charge on any atom is 0.410 e. The van der Waals surface area contributed by atoms with Crippen LogP contribution < -0.4 is 11.1 Å². The van der Waals surface area contributed by atoms with Crippen LogP contribution in [0.3, 0.4) is 0 Å². The van der Waals surface area contributed by atoms with E-state index < -0.39 is 95.4 Å². The molecule has 3 fully saturated rings. The number of carbonyl (C=O) groups excluding carboxylic acids is 4. The first-order chi connectivity index (χ1) is 32.6. The molecule has 18 nitrogen and oxygen atoms in total. The number of nitrogens with zero attached hydrogens (tertiary/aromatic N) is 5. The van der Waals surface area contributed by atoms with Crippen LogP contribution in [0.25, 0.3) is 11.3 Å². The van der Waals surface area contributed by atoms with E-state index in [1.165, 1.54) is 14.0 Å². The van der Waals surface area contributed by atoms with Crippen molar-refractivity contribution in [3.8, 4) is 11.3 Å². The SMILES string of the molecule is CC[C@H]1OC(=O)[C@@](C)(F)C(=O)[C@H](C)[C@@H](O[C@@H]2OC(COC(=O)c3ccccc3)CC(N(C)C)C2O)[C@](C)(OC)C[C@@H](C)CN[C@H](C)[C@H]2N(CCCCn3cc(-c4cccc(N)c4)nn3)C(=O)O[C@]12C. The molecule has 69 heavy (non-hydrogen) atoms. The van der Waals surface area contributed by atoms with Gasteiger partial charge in [-0.2, -0.15) is 0 Å².